The zero-order valence-corrected chi connectivity index (χ0v) is 9.85. The van der Waals surface area contributed by atoms with Crippen molar-refractivity contribution in [3.8, 4) is 0 Å². The van der Waals surface area contributed by atoms with Gasteiger partial charge in [0.15, 0.2) is 0 Å². The second kappa shape index (κ2) is 5.07. The van der Waals surface area contributed by atoms with Gasteiger partial charge in [0.1, 0.15) is 17.5 Å². The lowest BCUT2D eigenvalue weighted by Gasteiger charge is -2.04. The van der Waals surface area contributed by atoms with Gasteiger partial charge in [0.25, 0.3) is 0 Å². The van der Waals surface area contributed by atoms with E-state index in [9.17, 15) is 4.79 Å². The normalized spacial score (nSPS) is 10.2. The number of nitrogens with zero attached hydrogens (tertiary/aromatic N) is 5. The van der Waals surface area contributed by atoms with Gasteiger partial charge in [0.05, 0.1) is 6.20 Å². The van der Waals surface area contributed by atoms with Gasteiger partial charge in [-0.05, 0) is 11.6 Å². The molecule has 0 atom stereocenters. The molecule has 0 aliphatic carbocycles. The lowest BCUT2D eigenvalue weighted by Crippen LogP contribution is -2.19. The fourth-order valence-electron chi connectivity index (χ4n) is 1.10. The highest BCUT2D eigenvalue weighted by molar-refractivity contribution is 6.32. The molecule has 1 amide bonds. The highest BCUT2D eigenvalue weighted by Gasteiger charge is 2.07. The number of carbonyl (C=O) groups excluding carboxylic acids is 1. The lowest BCUT2D eigenvalue weighted by atomic mass is 10.5. The van der Waals surface area contributed by atoms with Crippen LogP contribution in [0.15, 0.2) is 18.5 Å². The summed E-state index contributed by atoms with van der Waals surface area (Å²) in [5.74, 6) is -0.0820. The maximum Gasteiger partial charge on any atom is 0.247 e. The average Bonchev–Trinajstić information content (AvgIpc) is 2.67. The van der Waals surface area contributed by atoms with Crippen LogP contribution in [0.5, 0.6) is 0 Å². The van der Waals surface area contributed by atoms with Gasteiger partial charge in [-0.2, -0.15) is 0 Å². The van der Waals surface area contributed by atoms with E-state index in [0.717, 1.165) is 0 Å². The fraction of sp³-hybridized carbons (Fsp3) is 0.125. The molecule has 0 spiro atoms. The van der Waals surface area contributed by atoms with Gasteiger partial charge in [-0.1, -0.05) is 16.8 Å². The molecule has 2 aromatic heterocycles. The molecule has 0 bridgehead atoms. The first-order valence-corrected chi connectivity index (χ1v) is 5.23. The van der Waals surface area contributed by atoms with Crippen molar-refractivity contribution < 1.29 is 4.79 Å². The number of amides is 1. The predicted molar refractivity (Wildman–Crippen MR) is 60.7 cm³/mol. The van der Waals surface area contributed by atoms with Gasteiger partial charge in [-0.3, -0.25) is 4.79 Å². The average molecular weight is 273 g/mol. The van der Waals surface area contributed by atoms with Crippen LogP contribution in [0.3, 0.4) is 0 Å². The van der Waals surface area contributed by atoms with Crippen LogP contribution in [0.25, 0.3) is 0 Å². The Balaban J connectivity index is 2.03. The Labute approximate surface area is 106 Å². The van der Waals surface area contributed by atoms with Crippen molar-refractivity contribution in [1.29, 1.82) is 0 Å². The number of carbonyl (C=O) groups is 1. The minimum absolute atomic E-state index is 0.0270. The van der Waals surface area contributed by atoms with Crippen LogP contribution in [0.4, 0.5) is 5.82 Å². The van der Waals surface area contributed by atoms with E-state index in [1.807, 2.05) is 0 Å². The maximum atomic E-state index is 11.6. The SMILES string of the molecule is O=C(Cn1ccnn1)Nc1cc(Cl)nc(Cl)n1. The van der Waals surface area contributed by atoms with E-state index in [1.165, 1.54) is 16.9 Å². The number of anilines is 1. The molecule has 1 N–H and O–H groups in total. The molecule has 9 heteroatoms. The lowest BCUT2D eigenvalue weighted by molar-refractivity contribution is -0.116. The van der Waals surface area contributed by atoms with Crippen molar-refractivity contribution in [2.75, 3.05) is 5.32 Å². The van der Waals surface area contributed by atoms with E-state index >= 15 is 0 Å². The van der Waals surface area contributed by atoms with E-state index in [1.54, 1.807) is 6.20 Å². The summed E-state index contributed by atoms with van der Waals surface area (Å²) in [4.78, 5) is 19.0. The van der Waals surface area contributed by atoms with Crippen molar-refractivity contribution >= 4 is 34.9 Å². The summed E-state index contributed by atoms with van der Waals surface area (Å²) in [6.45, 7) is 0.0270. The van der Waals surface area contributed by atoms with Crippen molar-refractivity contribution in [1.82, 2.24) is 25.0 Å². The Morgan fingerprint density at radius 3 is 2.88 bits per heavy atom. The highest BCUT2D eigenvalue weighted by atomic mass is 35.5. The van der Waals surface area contributed by atoms with Crippen molar-refractivity contribution in [2.45, 2.75) is 6.54 Å². The van der Waals surface area contributed by atoms with E-state index < -0.39 is 0 Å². The molecule has 0 radical (unpaired) electrons. The summed E-state index contributed by atoms with van der Waals surface area (Å²) in [7, 11) is 0. The summed E-state index contributed by atoms with van der Waals surface area (Å²) in [5.41, 5.74) is 0. The van der Waals surface area contributed by atoms with Crippen LogP contribution in [0, 0.1) is 0 Å². The van der Waals surface area contributed by atoms with Crippen LogP contribution < -0.4 is 5.32 Å². The molecule has 2 aromatic rings. The zero-order chi connectivity index (χ0) is 12.3. The van der Waals surface area contributed by atoms with Gasteiger partial charge in [-0.15, -0.1) is 5.10 Å². The maximum absolute atomic E-state index is 11.6. The van der Waals surface area contributed by atoms with Crippen LogP contribution in [-0.2, 0) is 11.3 Å². The highest BCUT2D eigenvalue weighted by Crippen LogP contribution is 2.14. The third-order valence-electron chi connectivity index (χ3n) is 1.71. The number of rotatable bonds is 3. The molecule has 88 valence electrons. The second-order valence-electron chi connectivity index (χ2n) is 2.99. The first-order valence-electron chi connectivity index (χ1n) is 4.47. The summed E-state index contributed by atoms with van der Waals surface area (Å²) < 4.78 is 1.37. The van der Waals surface area contributed by atoms with Crippen LogP contribution in [-0.4, -0.2) is 30.9 Å². The second-order valence-corrected chi connectivity index (χ2v) is 3.72. The van der Waals surface area contributed by atoms with Crippen molar-refractivity contribution in [3.63, 3.8) is 0 Å². The first kappa shape index (κ1) is 11.7. The largest absolute Gasteiger partial charge is 0.309 e. The van der Waals surface area contributed by atoms with Crippen molar-refractivity contribution in [2.24, 2.45) is 0 Å². The molecule has 0 aliphatic heterocycles. The zero-order valence-electron chi connectivity index (χ0n) is 8.34. The minimum atomic E-state index is -0.318. The summed E-state index contributed by atoms with van der Waals surface area (Å²) in [6.07, 6.45) is 3.05. The molecular formula is C8H6Cl2N6O. The molecule has 0 aromatic carbocycles. The van der Waals surface area contributed by atoms with Gasteiger partial charge >= 0.3 is 0 Å². The molecular weight excluding hydrogens is 267 g/mol. The molecule has 0 saturated heterocycles. The Morgan fingerprint density at radius 2 is 2.24 bits per heavy atom. The molecule has 0 unspecified atom stereocenters. The molecule has 0 aliphatic rings. The molecule has 17 heavy (non-hydrogen) atoms. The van der Waals surface area contributed by atoms with Crippen molar-refractivity contribution in [3.05, 3.63) is 28.9 Å². The molecule has 0 fully saturated rings. The number of hydrogen-bond acceptors (Lipinski definition) is 5. The standard InChI is InChI=1S/C8H6Cl2N6O/c9-5-3-6(14-8(10)12-5)13-7(17)4-16-2-1-11-15-16/h1-3H,4H2,(H,12,13,14,17). The van der Waals surface area contributed by atoms with E-state index in [2.05, 4.69) is 25.6 Å². The Hall–Kier alpha value is -1.73. The third kappa shape index (κ3) is 3.36. The van der Waals surface area contributed by atoms with E-state index in [-0.39, 0.29) is 28.7 Å². The van der Waals surface area contributed by atoms with Gasteiger partial charge in [-0.25, -0.2) is 14.6 Å². The number of aromatic nitrogens is 5. The number of halogens is 2. The topological polar surface area (TPSA) is 85.6 Å². The number of hydrogen-bond donors (Lipinski definition) is 1. The van der Waals surface area contributed by atoms with Crippen LogP contribution in [0.1, 0.15) is 0 Å². The van der Waals surface area contributed by atoms with Crippen LogP contribution >= 0.6 is 23.2 Å². The number of nitrogens with one attached hydrogen (secondary N) is 1. The Kier molecular flexibility index (Phi) is 3.50. The van der Waals surface area contributed by atoms with Gasteiger partial charge in [0.2, 0.25) is 11.2 Å². The minimum Gasteiger partial charge on any atom is -0.309 e. The molecule has 0 saturated carbocycles. The fourth-order valence-corrected chi connectivity index (χ4v) is 1.51. The Morgan fingerprint density at radius 1 is 1.41 bits per heavy atom. The van der Waals surface area contributed by atoms with Crippen LogP contribution in [0.2, 0.25) is 10.4 Å². The summed E-state index contributed by atoms with van der Waals surface area (Å²) in [6, 6.07) is 1.40. The Bertz CT molecular complexity index is 509. The molecule has 7 nitrogen and oxygen atoms in total. The smallest absolute Gasteiger partial charge is 0.247 e. The van der Waals surface area contributed by atoms with Gasteiger partial charge < -0.3 is 5.32 Å². The van der Waals surface area contributed by atoms with Gasteiger partial charge in [0, 0.05) is 12.3 Å². The predicted octanol–water partition coefficient (Wildman–Crippen LogP) is 1.01. The quantitative estimate of drug-likeness (QED) is 0.666. The summed E-state index contributed by atoms with van der Waals surface area (Å²) >= 11 is 11.3. The van der Waals surface area contributed by atoms with E-state index in [0.29, 0.717) is 0 Å². The monoisotopic (exact) mass is 272 g/mol. The summed E-state index contributed by atoms with van der Waals surface area (Å²) in [5, 5.41) is 9.86. The molecule has 2 heterocycles. The van der Waals surface area contributed by atoms with E-state index in [4.69, 9.17) is 23.2 Å². The third-order valence-corrected chi connectivity index (χ3v) is 2.08. The first-order chi connectivity index (χ1) is 8.13. The molecule has 2 rings (SSSR count).